The second kappa shape index (κ2) is 7.82. The molecule has 0 aliphatic carbocycles. The molecule has 0 aliphatic rings. The number of rotatable bonds is 6. The molecule has 4 aromatic rings. The van der Waals surface area contributed by atoms with Crippen molar-refractivity contribution in [3.05, 3.63) is 77.3 Å². The number of furan rings is 1. The van der Waals surface area contributed by atoms with E-state index < -0.39 is 17.6 Å². The maximum atomic E-state index is 13.3. The molecule has 0 spiro atoms. The number of nitrogens with one attached hydrogen (secondary N) is 1. The van der Waals surface area contributed by atoms with Crippen molar-refractivity contribution in [2.24, 2.45) is 0 Å². The molecule has 0 fully saturated rings. The molecular weight excluding hydrogens is 406 g/mol. The smallest absolute Gasteiger partial charge is 0.301 e. The number of oxazole rings is 1. The molecule has 1 N–H and O–H groups in total. The number of aryl methyl sites for hydroxylation is 2. The number of anilines is 1. The van der Waals surface area contributed by atoms with Gasteiger partial charge in [0.2, 0.25) is 0 Å². The van der Waals surface area contributed by atoms with Gasteiger partial charge < -0.3 is 14.2 Å². The van der Waals surface area contributed by atoms with E-state index in [9.17, 15) is 13.6 Å². The lowest BCUT2D eigenvalue weighted by atomic mass is 10.1. The molecule has 0 saturated carbocycles. The zero-order chi connectivity index (χ0) is 22.2. The number of hydrogen-bond acceptors (Lipinski definition) is 5. The summed E-state index contributed by atoms with van der Waals surface area (Å²) in [6, 6.07) is 11.9. The molecular formula is C22H20F2N4O3. The molecule has 1 amide bonds. The third-order valence-corrected chi connectivity index (χ3v) is 4.52. The van der Waals surface area contributed by atoms with E-state index in [0.717, 1.165) is 18.1 Å². The zero-order valence-electron chi connectivity index (χ0n) is 17.1. The van der Waals surface area contributed by atoms with Gasteiger partial charge in [0.25, 0.3) is 5.91 Å². The Balaban J connectivity index is 1.49. The molecule has 31 heavy (non-hydrogen) atoms. The third-order valence-electron chi connectivity index (χ3n) is 4.52. The first-order valence-electron chi connectivity index (χ1n) is 9.55. The minimum absolute atomic E-state index is 0.142. The highest BCUT2D eigenvalue weighted by molar-refractivity contribution is 6.06. The van der Waals surface area contributed by atoms with Gasteiger partial charge in [-0.2, -0.15) is 13.9 Å². The normalized spacial score (nSPS) is 11.6. The van der Waals surface area contributed by atoms with Crippen LogP contribution in [0.5, 0.6) is 0 Å². The predicted octanol–water partition coefficient (Wildman–Crippen LogP) is 5.16. The fraction of sp³-hybridized carbons (Fsp3) is 0.227. The summed E-state index contributed by atoms with van der Waals surface area (Å²) in [5.74, 6) is -2.57. The maximum absolute atomic E-state index is 13.3. The van der Waals surface area contributed by atoms with Gasteiger partial charge in [-0.1, -0.05) is 23.8 Å². The van der Waals surface area contributed by atoms with Crippen LogP contribution in [0.4, 0.5) is 14.6 Å². The second-order valence-corrected chi connectivity index (χ2v) is 7.29. The Morgan fingerprint density at radius 1 is 1.16 bits per heavy atom. The van der Waals surface area contributed by atoms with Crippen LogP contribution < -0.4 is 5.32 Å². The highest BCUT2D eigenvalue weighted by atomic mass is 19.3. The quantitative estimate of drug-likeness (QED) is 0.460. The summed E-state index contributed by atoms with van der Waals surface area (Å²) in [5, 5.41) is 6.93. The monoisotopic (exact) mass is 426 g/mol. The van der Waals surface area contributed by atoms with Crippen molar-refractivity contribution in [2.45, 2.75) is 33.2 Å². The van der Waals surface area contributed by atoms with E-state index in [1.165, 1.54) is 16.8 Å². The summed E-state index contributed by atoms with van der Waals surface area (Å²) in [4.78, 5) is 17.0. The van der Waals surface area contributed by atoms with Crippen LogP contribution in [0.3, 0.4) is 0 Å². The number of carbonyl (C=O) groups is 1. The summed E-state index contributed by atoms with van der Waals surface area (Å²) >= 11 is 0. The molecule has 3 aromatic heterocycles. The van der Waals surface area contributed by atoms with E-state index in [-0.39, 0.29) is 18.1 Å². The Bertz CT molecular complexity index is 1230. The standard InChI is InChI=1S/C22H20F2N4O3/c1-13-5-4-6-15(11-13)20-19(25-14(2)30-20)21(29)26-18-9-10-28(27-18)12-16-7-8-17(31-16)22(3,23)24/h4-11H,12H2,1-3H3,(H,26,27,29). The Morgan fingerprint density at radius 2 is 1.97 bits per heavy atom. The molecule has 0 aliphatic heterocycles. The van der Waals surface area contributed by atoms with Crippen molar-refractivity contribution in [2.75, 3.05) is 5.32 Å². The molecule has 4 rings (SSSR count). The Kier molecular flexibility index (Phi) is 5.18. The van der Waals surface area contributed by atoms with Crippen molar-refractivity contribution >= 4 is 11.7 Å². The minimum Gasteiger partial charge on any atom is -0.458 e. The average molecular weight is 426 g/mol. The van der Waals surface area contributed by atoms with E-state index in [1.54, 1.807) is 19.2 Å². The summed E-state index contributed by atoms with van der Waals surface area (Å²) in [5.41, 5.74) is 1.93. The maximum Gasteiger partial charge on any atom is 0.301 e. The SMILES string of the molecule is Cc1cccc(-c2oc(C)nc2C(=O)Nc2ccn(Cc3ccc(C(C)(F)F)o3)n2)c1. The number of amides is 1. The van der Waals surface area contributed by atoms with Crippen LogP contribution >= 0.6 is 0 Å². The van der Waals surface area contributed by atoms with Crippen molar-refractivity contribution in [1.29, 1.82) is 0 Å². The number of nitrogens with zero attached hydrogens (tertiary/aromatic N) is 3. The van der Waals surface area contributed by atoms with Crippen LogP contribution in [0.25, 0.3) is 11.3 Å². The lowest BCUT2D eigenvalue weighted by molar-refractivity contribution is -0.00636. The average Bonchev–Trinajstić information content (AvgIpc) is 3.42. The van der Waals surface area contributed by atoms with Gasteiger partial charge in [0.1, 0.15) is 5.76 Å². The Labute approximate surface area is 176 Å². The molecule has 3 heterocycles. The molecule has 0 radical (unpaired) electrons. The predicted molar refractivity (Wildman–Crippen MR) is 109 cm³/mol. The van der Waals surface area contributed by atoms with E-state index >= 15 is 0 Å². The van der Waals surface area contributed by atoms with Crippen molar-refractivity contribution in [3.63, 3.8) is 0 Å². The van der Waals surface area contributed by atoms with Crippen molar-refractivity contribution in [3.8, 4) is 11.3 Å². The first-order chi connectivity index (χ1) is 14.7. The van der Waals surface area contributed by atoms with Crippen LogP contribution in [-0.4, -0.2) is 20.7 Å². The van der Waals surface area contributed by atoms with Gasteiger partial charge in [-0.25, -0.2) is 4.98 Å². The number of carbonyl (C=O) groups excluding carboxylic acids is 1. The first kappa shape index (κ1) is 20.5. The summed E-state index contributed by atoms with van der Waals surface area (Å²) in [7, 11) is 0. The van der Waals surface area contributed by atoms with Gasteiger partial charge in [0, 0.05) is 31.7 Å². The molecule has 1 aromatic carbocycles. The van der Waals surface area contributed by atoms with E-state index in [0.29, 0.717) is 17.4 Å². The largest absolute Gasteiger partial charge is 0.458 e. The Morgan fingerprint density at radius 3 is 2.68 bits per heavy atom. The fourth-order valence-electron chi connectivity index (χ4n) is 3.11. The van der Waals surface area contributed by atoms with E-state index in [4.69, 9.17) is 8.83 Å². The van der Waals surface area contributed by atoms with Crippen LogP contribution in [0, 0.1) is 13.8 Å². The first-order valence-corrected chi connectivity index (χ1v) is 9.55. The fourth-order valence-corrected chi connectivity index (χ4v) is 3.11. The molecule has 0 bridgehead atoms. The lowest BCUT2D eigenvalue weighted by Gasteiger charge is -2.05. The summed E-state index contributed by atoms with van der Waals surface area (Å²) in [6.07, 6.45) is 1.61. The molecule has 160 valence electrons. The van der Waals surface area contributed by atoms with Gasteiger partial charge in [0.05, 0.1) is 6.54 Å². The number of halogens is 2. The van der Waals surface area contributed by atoms with Crippen molar-refractivity contribution in [1.82, 2.24) is 14.8 Å². The second-order valence-electron chi connectivity index (χ2n) is 7.29. The topological polar surface area (TPSA) is 86.1 Å². The third kappa shape index (κ3) is 4.55. The van der Waals surface area contributed by atoms with Gasteiger partial charge >= 0.3 is 5.92 Å². The van der Waals surface area contributed by atoms with Crippen LogP contribution in [0.15, 0.2) is 57.5 Å². The van der Waals surface area contributed by atoms with Gasteiger partial charge in [-0.15, -0.1) is 0 Å². The highest BCUT2D eigenvalue weighted by Gasteiger charge is 2.28. The van der Waals surface area contributed by atoms with Crippen molar-refractivity contribution < 1.29 is 22.4 Å². The Hall–Kier alpha value is -3.75. The number of benzene rings is 1. The number of aromatic nitrogens is 3. The lowest BCUT2D eigenvalue weighted by Crippen LogP contribution is -2.14. The van der Waals surface area contributed by atoms with Crippen LogP contribution in [0.1, 0.15) is 40.4 Å². The highest BCUT2D eigenvalue weighted by Crippen LogP contribution is 2.29. The van der Waals surface area contributed by atoms with Gasteiger partial charge in [-0.3, -0.25) is 9.48 Å². The van der Waals surface area contributed by atoms with Crippen LogP contribution in [-0.2, 0) is 12.5 Å². The van der Waals surface area contributed by atoms with Crippen LogP contribution in [0.2, 0.25) is 0 Å². The summed E-state index contributed by atoms with van der Waals surface area (Å²) in [6.45, 7) is 4.53. The molecule has 7 nitrogen and oxygen atoms in total. The van der Waals surface area contributed by atoms with Gasteiger partial charge in [0.15, 0.2) is 28.9 Å². The molecule has 9 heteroatoms. The zero-order valence-corrected chi connectivity index (χ0v) is 17.1. The summed E-state index contributed by atoms with van der Waals surface area (Å²) < 4.78 is 38.9. The molecule has 0 saturated heterocycles. The molecule has 0 atom stereocenters. The van der Waals surface area contributed by atoms with E-state index in [2.05, 4.69) is 15.4 Å². The van der Waals surface area contributed by atoms with E-state index in [1.807, 2.05) is 31.2 Å². The minimum atomic E-state index is -3.05. The number of hydrogen-bond donors (Lipinski definition) is 1. The molecule has 0 unspecified atom stereocenters. The number of alkyl halides is 2. The van der Waals surface area contributed by atoms with Gasteiger partial charge in [-0.05, 0) is 25.1 Å².